The summed E-state index contributed by atoms with van der Waals surface area (Å²) >= 11 is 0. The zero-order valence-electron chi connectivity index (χ0n) is 17.3. The second-order valence-corrected chi connectivity index (χ2v) is 6.91. The molecule has 0 unspecified atom stereocenters. The van der Waals surface area contributed by atoms with Crippen LogP contribution in [0.2, 0.25) is 0 Å². The van der Waals surface area contributed by atoms with Crippen LogP contribution in [0, 0.1) is 5.82 Å². The third-order valence-electron chi connectivity index (χ3n) is 5.05. The molecule has 1 amide bonds. The van der Waals surface area contributed by atoms with E-state index in [0.717, 1.165) is 24.2 Å². The van der Waals surface area contributed by atoms with Gasteiger partial charge in [-0.1, -0.05) is 18.2 Å². The molecule has 2 aromatic carbocycles. The lowest BCUT2D eigenvalue weighted by atomic mass is 10.0. The SMILES string of the molecule is COc1ccc(/C=C/C(=O)NC[C@H](c2ccc(F)cc2)N2CCOCC2)cc1OC. The minimum absolute atomic E-state index is 0.0482. The number of morpholine rings is 1. The zero-order chi connectivity index (χ0) is 21.3. The summed E-state index contributed by atoms with van der Waals surface area (Å²) in [5, 5.41) is 2.96. The van der Waals surface area contributed by atoms with E-state index in [1.165, 1.54) is 18.2 Å². The lowest BCUT2D eigenvalue weighted by Gasteiger charge is -2.34. The number of halogens is 1. The van der Waals surface area contributed by atoms with Crippen molar-refractivity contribution in [2.45, 2.75) is 6.04 Å². The summed E-state index contributed by atoms with van der Waals surface area (Å²) in [5.41, 5.74) is 1.79. The van der Waals surface area contributed by atoms with Crippen molar-refractivity contribution in [1.82, 2.24) is 10.2 Å². The molecule has 30 heavy (non-hydrogen) atoms. The number of methoxy groups -OCH3 is 2. The first-order valence-electron chi connectivity index (χ1n) is 9.86. The Morgan fingerprint density at radius 2 is 1.83 bits per heavy atom. The van der Waals surface area contributed by atoms with Gasteiger partial charge in [-0.15, -0.1) is 0 Å². The Kier molecular flexibility index (Phi) is 7.82. The van der Waals surface area contributed by atoms with Crippen LogP contribution < -0.4 is 14.8 Å². The van der Waals surface area contributed by atoms with Crippen molar-refractivity contribution < 1.29 is 23.4 Å². The zero-order valence-corrected chi connectivity index (χ0v) is 17.3. The number of amides is 1. The van der Waals surface area contributed by atoms with Crippen LogP contribution in [0.25, 0.3) is 6.08 Å². The molecule has 0 spiro atoms. The molecular formula is C23H27FN2O4. The summed E-state index contributed by atoms with van der Waals surface area (Å²) in [4.78, 5) is 14.7. The van der Waals surface area contributed by atoms with Crippen LogP contribution in [0.15, 0.2) is 48.5 Å². The van der Waals surface area contributed by atoms with Crippen molar-refractivity contribution in [3.63, 3.8) is 0 Å². The van der Waals surface area contributed by atoms with Crippen LogP contribution in [0.5, 0.6) is 11.5 Å². The maximum atomic E-state index is 13.3. The quantitative estimate of drug-likeness (QED) is 0.673. The maximum absolute atomic E-state index is 13.3. The Morgan fingerprint density at radius 3 is 2.50 bits per heavy atom. The highest BCUT2D eigenvalue weighted by Gasteiger charge is 2.23. The van der Waals surface area contributed by atoms with E-state index in [4.69, 9.17) is 14.2 Å². The molecule has 0 aromatic heterocycles. The molecule has 1 N–H and O–H groups in total. The number of hydrogen-bond acceptors (Lipinski definition) is 5. The molecule has 1 saturated heterocycles. The van der Waals surface area contributed by atoms with Gasteiger partial charge < -0.3 is 19.5 Å². The van der Waals surface area contributed by atoms with Gasteiger partial charge in [0.1, 0.15) is 5.82 Å². The number of carbonyl (C=O) groups excluding carboxylic acids is 1. The molecule has 1 aliphatic rings. The van der Waals surface area contributed by atoms with Gasteiger partial charge in [-0.3, -0.25) is 9.69 Å². The predicted octanol–water partition coefficient (Wildman–Crippen LogP) is 3.05. The monoisotopic (exact) mass is 414 g/mol. The first-order valence-corrected chi connectivity index (χ1v) is 9.86. The van der Waals surface area contributed by atoms with Crippen molar-refractivity contribution in [2.24, 2.45) is 0 Å². The number of benzene rings is 2. The van der Waals surface area contributed by atoms with Crippen LogP contribution in [0.4, 0.5) is 4.39 Å². The summed E-state index contributed by atoms with van der Waals surface area (Å²) in [7, 11) is 3.14. The van der Waals surface area contributed by atoms with E-state index in [1.54, 1.807) is 44.6 Å². The van der Waals surface area contributed by atoms with Crippen LogP contribution in [0.1, 0.15) is 17.2 Å². The normalized spacial score (nSPS) is 15.7. The first-order chi connectivity index (χ1) is 14.6. The number of carbonyl (C=O) groups is 1. The van der Waals surface area contributed by atoms with Gasteiger partial charge in [0, 0.05) is 25.7 Å². The molecule has 160 valence electrons. The molecule has 2 aromatic rings. The summed E-state index contributed by atoms with van der Waals surface area (Å²) in [5.74, 6) is 0.752. The van der Waals surface area contributed by atoms with E-state index >= 15 is 0 Å². The Morgan fingerprint density at radius 1 is 1.13 bits per heavy atom. The molecule has 1 atom stereocenters. The maximum Gasteiger partial charge on any atom is 0.244 e. The molecule has 0 saturated carbocycles. The van der Waals surface area contributed by atoms with Gasteiger partial charge in [-0.25, -0.2) is 4.39 Å². The fourth-order valence-electron chi connectivity index (χ4n) is 3.42. The van der Waals surface area contributed by atoms with Crippen molar-refractivity contribution >= 4 is 12.0 Å². The van der Waals surface area contributed by atoms with E-state index < -0.39 is 0 Å². The number of hydrogen-bond donors (Lipinski definition) is 1. The number of rotatable bonds is 8. The van der Waals surface area contributed by atoms with Gasteiger partial charge in [-0.2, -0.15) is 0 Å². The summed E-state index contributed by atoms with van der Waals surface area (Å²) < 4.78 is 29.3. The second-order valence-electron chi connectivity index (χ2n) is 6.91. The average molecular weight is 414 g/mol. The highest BCUT2D eigenvalue weighted by atomic mass is 19.1. The lowest BCUT2D eigenvalue weighted by Crippen LogP contribution is -2.43. The second kappa shape index (κ2) is 10.8. The first kappa shape index (κ1) is 21.8. The Hall–Kier alpha value is -2.90. The van der Waals surface area contributed by atoms with Crippen molar-refractivity contribution in [1.29, 1.82) is 0 Å². The highest BCUT2D eigenvalue weighted by molar-refractivity contribution is 5.91. The fourth-order valence-corrected chi connectivity index (χ4v) is 3.42. The smallest absolute Gasteiger partial charge is 0.244 e. The molecule has 0 radical (unpaired) electrons. The van der Waals surface area contributed by atoms with Crippen molar-refractivity contribution in [3.8, 4) is 11.5 Å². The molecule has 1 aliphatic heterocycles. The minimum Gasteiger partial charge on any atom is -0.493 e. The number of nitrogens with one attached hydrogen (secondary N) is 1. The summed E-state index contributed by atoms with van der Waals surface area (Å²) in [6.07, 6.45) is 3.21. The lowest BCUT2D eigenvalue weighted by molar-refractivity contribution is -0.116. The summed E-state index contributed by atoms with van der Waals surface area (Å²) in [6.45, 7) is 3.23. The average Bonchev–Trinajstić information content (AvgIpc) is 2.79. The minimum atomic E-state index is -0.277. The van der Waals surface area contributed by atoms with E-state index in [0.29, 0.717) is 31.3 Å². The fraction of sp³-hybridized carbons (Fsp3) is 0.348. The molecule has 0 aliphatic carbocycles. The van der Waals surface area contributed by atoms with E-state index in [1.807, 2.05) is 6.07 Å². The number of nitrogens with zero attached hydrogens (tertiary/aromatic N) is 1. The van der Waals surface area contributed by atoms with E-state index in [9.17, 15) is 9.18 Å². The van der Waals surface area contributed by atoms with Gasteiger partial charge in [0.05, 0.1) is 33.5 Å². The van der Waals surface area contributed by atoms with Gasteiger partial charge in [0.25, 0.3) is 0 Å². The molecule has 3 rings (SSSR count). The van der Waals surface area contributed by atoms with Gasteiger partial charge in [-0.05, 0) is 41.5 Å². The molecular weight excluding hydrogens is 387 g/mol. The molecule has 1 heterocycles. The van der Waals surface area contributed by atoms with Crippen molar-refractivity contribution in [3.05, 3.63) is 65.5 Å². The Labute approximate surface area is 176 Å². The summed E-state index contributed by atoms with van der Waals surface area (Å²) in [6, 6.07) is 11.8. The molecule has 0 bridgehead atoms. The molecule has 1 fully saturated rings. The van der Waals surface area contributed by atoms with Crippen LogP contribution >= 0.6 is 0 Å². The van der Waals surface area contributed by atoms with Crippen LogP contribution in [-0.4, -0.2) is 57.9 Å². The van der Waals surface area contributed by atoms with Gasteiger partial charge in [0.2, 0.25) is 5.91 Å². The topological polar surface area (TPSA) is 60.0 Å². The standard InChI is InChI=1S/C23H27FN2O4/c1-28-21-9-3-17(15-22(21)29-2)4-10-23(27)25-16-20(26-11-13-30-14-12-26)18-5-7-19(24)8-6-18/h3-10,15,20H,11-14,16H2,1-2H3,(H,25,27)/b10-4+/t20-/m1/s1. The Bertz CT molecular complexity index is 864. The third-order valence-corrected chi connectivity index (χ3v) is 5.05. The van der Waals surface area contributed by atoms with E-state index in [-0.39, 0.29) is 17.8 Å². The van der Waals surface area contributed by atoms with Gasteiger partial charge >= 0.3 is 0 Å². The Balaban J connectivity index is 1.65. The molecule has 6 nitrogen and oxygen atoms in total. The highest BCUT2D eigenvalue weighted by Crippen LogP contribution is 2.28. The third kappa shape index (κ3) is 5.81. The van der Waals surface area contributed by atoms with Crippen molar-refractivity contribution in [2.75, 3.05) is 47.1 Å². The van der Waals surface area contributed by atoms with E-state index in [2.05, 4.69) is 10.2 Å². The largest absolute Gasteiger partial charge is 0.493 e. The predicted molar refractivity (Wildman–Crippen MR) is 113 cm³/mol. The van der Waals surface area contributed by atoms with Crippen LogP contribution in [-0.2, 0) is 9.53 Å². The van der Waals surface area contributed by atoms with Gasteiger partial charge in [0.15, 0.2) is 11.5 Å². The number of ether oxygens (including phenoxy) is 3. The molecule has 7 heteroatoms. The van der Waals surface area contributed by atoms with Crippen LogP contribution in [0.3, 0.4) is 0 Å².